The Bertz CT molecular complexity index is 664. The lowest BCUT2D eigenvalue weighted by molar-refractivity contribution is -0.113. The number of H-pyrrole nitrogens is 1. The number of carbonyl (C=O) groups excluding carboxylic acids is 1. The quantitative estimate of drug-likeness (QED) is 0.728. The minimum Gasteiger partial charge on any atom is -0.478 e. The van der Waals surface area contributed by atoms with Crippen LogP contribution in [0.25, 0.3) is 0 Å². The zero-order valence-electron chi connectivity index (χ0n) is 11.5. The third-order valence-corrected chi connectivity index (χ3v) is 3.74. The molecule has 21 heavy (non-hydrogen) atoms. The molecule has 0 fully saturated rings. The molecule has 2 aromatic heterocycles. The van der Waals surface area contributed by atoms with Gasteiger partial charge in [-0.1, -0.05) is 11.8 Å². The molecule has 0 unspecified atom stereocenters. The number of thioether (sulfide) groups is 1. The molecular weight excluding hydrogens is 292 g/mol. The molecule has 0 aliphatic carbocycles. The predicted octanol–water partition coefficient (Wildman–Crippen LogP) is 1.85. The summed E-state index contributed by atoms with van der Waals surface area (Å²) in [6, 6.07) is 3.01. The molecule has 2 aromatic rings. The van der Waals surface area contributed by atoms with Crippen LogP contribution in [0.1, 0.15) is 21.7 Å². The number of carbonyl (C=O) groups is 2. The maximum absolute atomic E-state index is 11.9. The number of aromatic nitrogens is 3. The summed E-state index contributed by atoms with van der Waals surface area (Å²) in [4.78, 5) is 27.0. The number of hydrogen-bond acceptors (Lipinski definition) is 5. The third kappa shape index (κ3) is 3.60. The summed E-state index contributed by atoms with van der Waals surface area (Å²) >= 11 is 1.08. The van der Waals surface area contributed by atoms with Gasteiger partial charge in [-0.25, -0.2) is 9.78 Å². The van der Waals surface area contributed by atoms with Gasteiger partial charge in [0.1, 0.15) is 5.03 Å². The fraction of sp³-hybridized carbons (Fsp3) is 0.231. The number of hydrogen-bond donors (Lipinski definition) is 3. The highest BCUT2D eigenvalue weighted by Crippen LogP contribution is 2.21. The summed E-state index contributed by atoms with van der Waals surface area (Å²) in [5, 5.41) is 18.9. The summed E-state index contributed by atoms with van der Waals surface area (Å²) in [6.07, 6.45) is 1.50. The SMILES string of the molecule is Cc1n[nH]c(C)c1NC(=O)CSc1ncccc1C(=O)O. The van der Waals surface area contributed by atoms with E-state index < -0.39 is 5.97 Å². The second-order valence-electron chi connectivity index (χ2n) is 4.31. The number of carboxylic acids is 1. The van der Waals surface area contributed by atoms with E-state index in [0.29, 0.717) is 16.4 Å². The highest BCUT2D eigenvalue weighted by Gasteiger charge is 2.14. The van der Waals surface area contributed by atoms with E-state index in [1.165, 1.54) is 12.3 Å². The van der Waals surface area contributed by atoms with Crippen LogP contribution in [0.4, 0.5) is 5.69 Å². The molecule has 0 saturated heterocycles. The largest absolute Gasteiger partial charge is 0.478 e. The van der Waals surface area contributed by atoms with Crippen molar-refractivity contribution in [2.24, 2.45) is 0 Å². The molecule has 0 spiro atoms. The van der Waals surface area contributed by atoms with Crippen LogP contribution in [0, 0.1) is 13.8 Å². The molecule has 0 aliphatic rings. The van der Waals surface area contributed by atoms with Gasteiger partial charge < -0.3 is 10.4 Å². The Kier molecular flexibility index (Phi) is 4.59. The van der Waals surface area contributed by atoms with Crippen LogP contribution in [0.5, 0.6) is 0 Å². The van der Waals surface area contributed by atoms with Crippen molar-refractivity contribution in [3.8, 4) is 0 Å². The van der Waals surface area contributed by atoms with E-state index in [1.54, 1.807) is 13.0 Å². The molecule has 0 bridgehead atoms. The number of rotatable bonds is 5. The number of carboxylic acid groups (broad SMARTS) is 1. The van der Waals surface area contributed by atoms with E-state index in [-0.39, 0.29) is 17.2 Å². The van der Waals surface area contributed by atoms with Crippen molar-refractivity contribution in [2.45, 2.75) is 18.9 Å². The lowest BCUT2D eigenvalue weighted by Gasteiger charge is -2.06. The standard InChI is InChI=1S/C13H14N4O3S/c1-7-11(8(2)17-16-7)15-10(18)6-21-12-9(13(19)20)4-3-5-14-12/h3-5H,6H2,1-2H3,(H,15,18)(H,16,17)(H,19,20). The van der Waals surface area contributed by atoms with Crippen molar-refractivity contribution in [3.63, 3.8) is 0 Å². The Morgan fingerprint density at radius 3 is 2.81 bits per heavy atom. The number of nitrogens with zero attached hydrogens (tertiary/aromatic N) is 2. The van der Waals surface area contributed by atoms with Crippen molar-refractivity contribution in [1.29, 1.82) is 0 Å². The summed E-state index contributed by atoms with van der Waals surface area (Å²) < 4.78 is 0. The molecule has 2 rings (SSSR count). The van der Waals surface area contributed by atoms with Gasteiger partial charge in [0.2, 0.25) is 5.91 Å². The number of aryl methyl sites for hydroxylation is 2. The average molecular weight is 306 g/mol. The van der Waals surface area contributed by atoms with Gasteiger partial charge in [-0.3, -0.25) is 9.89 Å². The predicted molar refractivity (Wildman–Crippen MR) is 78.6 cm³/mol. The fourth-order valence-electron chi connectivity index (χ4n) is 1.71. The van der Waals surface area contributed by atoms with Crippen LogP contribution in [0.3, 0.4) is 0 Å². The highest BCUT2D eigenvalue weighted by atomic mass is 32.2. The van der Waals surface area contributed by atoms with Gasteiger partial charge in [0.25, 0.3) is 0 Å². The van der Waals surface area contributed by atoms with Gasteiger partial charge in [-0.05, 0) is 26.0 Å². The highest BCUT2D eigenvalue weighted by molar-refractivity contribution is 8.00. The van der Waals surface area contributed by atoms with E-state index in [9.17, 15) is 9.59 Å². The average Bonchev–Trinajstić information content (AvgIpc) is 2.77. The monoisotopic (exact) mass is 306 g/mol. The molecule has 7 nitrogen and oxygen atoms in total. The van der Waals surface area contributed by atoms with E-state index in [1.807, 2.05) is 6.92 Å². The second kappa shape index (κ2) is 6.40. The fourth-order valence-corrected chi connectivity index (χ4v) is 2.50. The number of pyridine rings is 1. The molecule has 8 heteroatoms. The molecule has 0 saturated carbocycles. The van der Waals surface area contributed by atoms with Crippen molar-refractivity contribution in [2.75, 3.05) is 11.1 Å². The Hall–Kier alpha value is -2.35. The maximum Gasteiger partial charge on any atom is 0.338 e. The molecule has 2 heterocycles. The van der Waals surface area contributed by atoms with Crippen LogP contribution in [0.15, 0.2) is 23.4 Å². The molecule has 3 N–H and O–H groups in total. The zero-order valence-corrected chi connectivity index (χ0v) is 12.3. The van der Waals surface area contributed by atoms with E-state index in [4.69, 9.17) is 5.11 Å². The Morgan fingerprint density at radius 1 is 1.43 bits per heavy atom. The van der Waals surface area contributed by atoms with Crippen LogP contribution in [0.2, 0.25) is 0 Å². The first kappa shape index (κ1) is 15.0. The lowest BCUT2D eigenvalue weighted by atomic mass is 10.3. The molecule has 110 valence electrons. The van der Waals surface area contributed by atoms with Gasteiger partial charge >= 0.3 is 5.97 Å². The molecule has 0 aliphatic heterocycles. The third-order valence-electron chi connectivity index (χ3n) is 2.73. The van der Waals surface area contributed by atoms with E-state index in [0.717, 1.165) is 17.5 Å². The topological polar surface area (TPSA) is 108 Å². The first-order chi connectivity index (χ1) is 9.99. The first-order valence-corrected chi connectivity index (χ1v) is 7.10. The van der Waals surface area contributed by atoms with Crippen LogP contribution in [-0.4, -0.2) is 37.9 Å². The Balaban J connectivity index is 2.01. The van der Waals surface area contributed by atoms with Crippen molar-refractivity contribution in [1.82, 2.24) is 15.2 Å². The summed E-state index contributed by atoms with van der Waals surface area (Å²) in [6.45, 7) is 3.59. The number of amides is 1. The summed E-state index contributed by atoms with van der Waals surface area (Å²) in [5.74, 6) is -1.23. The smallest absolute Gasteiger partial charge is 0.338 e. The van der Waals surface area contributed by atoms with Gasteiger partial charge in [0.05, 0.1) is 28.4 Å². The minimum atomic E-state index is -1.06. The first-order valence-electron chi connectivity index (χ1n) is 6.11. The lowest BCUT2D eigenvalue weighted by Crippen LogP contribution is -2.15. The maximum atomic E-state index is 11.9. The second-order valence-corrected chi connectivity index (χ2v) is 5.27. The van der Waals surface area contributed by atoms with Gasteiger partial charge in [-0.15, -0.1) is 0 Å². The van der Waals surface area contributed by atoms with Crippen molar-refractivity contribution < 1.29 is 14.7 Å². The van der Waals surface area contributed by atoms with E-state index in [2.05, 4.69) is 20.5 Å². The molecule has 0 aromatic carbocycles. The Labute approximate surface area is 125 Å². The molecular formula is C13H14N4O3S. The normalized spacial score (nSPS) is 10.4. The minimum absolute atomic E-state index is 0.0708. The molecule has 0 radical (unpaired) electrons. The summed E-state index contributed by atoms with van der Waals surface area (Å²) in [7, 11) is 0. The number of aromatic carboxylic acids is 1. The number of aromatic amines is 1. The molecule has 1 amide bonds. The summed E-state index contributed by atoms with van der Waals surface area (Å²) in [5.41, 5.74) is 2.22. The zero-order chi connectivity index (χ0) is 15.4. The van der Waals surface area contributed by atoms with Crippen LogP contribution < -0.4 is 5.32 Å². The number of anilines is 1. The van der Waals surface area contributed by atoms with E-state index >= 15 is 0 Å². The van der Waals surface area contributed by atoms with Crippen LogP contribution >= 0.6 is 11.8 Å². The van der Waals surface area contributed by atoms with Gasteiger partial charge in [0.15, 0.2) is 0 Å². The van der Waals surface area contributed by atoms with Crippen molar-refractivity contribution in [3.05, 3.63) is 35.3 Å². The van der Waals surface area contributed by atoms with Gasteiger partial charge in [0, 0.05) is 6.20 Å². The van der Waals surface area contributed by atoms with Crippen molar-refractivity contribution >= 4 is 29.3 Å². The van der Waals surface area contributed by atoms with Crippen LogP contribution in [-0.2, 0) is 4.79 Å². The Morgan fingerprint density at radius 2 is 2.19 bits per heavy atom. The number of nitrogens with one attached hydrogen (secondary N) is 2. The van der Waals surface area contributed by atoms with Gasteiger partial charge in [-0.2, -0.15) is 5.10 Å². The molecule has 0 atom stereocenters.